The van der Waals surface area contributed by atoms with Crippen LogP contribution >= 0.6 is 12.4 Å². The summed E-state index contributed by atoms with van der Waals surface area (Å²) in [6, 6.07) is 14.6. The molecule has 0 aliphatic carbocycles. The van der Waals surface area contributed by atoms with Crippen molar-refractivity contribution in [3.05, 3.63) is 72.3 Å². The number of benzene rings is 2. The molecule has 6 heteroatoms. The molecular formula is C20H24ClN3O2. The van der Waals surface area contributed by atoms with E-state index >= 15 is 0 Å². The Morgan fingerprint density at radius 1 is 1.08 bits per heavy atom. The third-order valence-electron chi connectivity index (χ3n) is 4.28. The Morgan fingerprint density at radius 3 is 2.46 bits per heavy atom. The van der Waals surface area contributed by atoms with Crippen molar-refractivity contribution >= 4 is 12.4 Å². The molecule has 0 fully saturated rings. The van der Waals surface area contributed by atoms with E-state index in [1.807, 2.05) is 29.0 Å². The number of para-hydroxylation sites is 1. The standard InChI is InChI=1S/C20H23N3O2.ClH/c1-15(16-7-9-18(10-8-16)23-12-11-21-14-23)22-13-17-5-4-6-19(24-2)20(17)25-3;/h4-12,14-15,22H,13H2,1-3H3;1H. The topological polar surface area (TPSA) is 48.3 Å². The van der Waals surface area contributed by atoms with Crippen molar-refractivity contribution in [1.82, 2.24) is 14.9 Å². The van der Waals surface area contributed by atoms with Crippen molar-refractivity contribution in [3.8, 4) is 17.2 Å². The number of nitrogens with zero attached hydrogens (tertiary/aromatic N) is 2. The molecule has 1 N–H and O–H groups in total. The molecule has 3 aromatic rings. The van der Waals surface area contributed by atoms with Crippen LogP contribution in [0.2, 0.25) is 0 Å². The lowest BCUT2D eigenvalue weighted by molar-refractivity contribution is 0.350. The number of imidazole rings is 1. The minimum Gasteiger partial charge on any atom is -0.493 e. The molecule has 0 radical (unpaired) electrons. The summed E-state index contributed by atoms with van der Waals surface area (Å²) in [5.41, 5.74) is 3.40. The SMILES string of the molecule is COc1cccc(CNC(C)c2ccc(-n3ccnc3)cc2)c1OC.Cl. The molecule has 2 aromatic carbocycles. The van der Waals surface area contributed by atoms with E-state index in [0.717, 1.165) is 22.7 Å². The van der Waals surface area contributed by atoms with E-state index in [9.17, 15) is 0 Å². The third-order valence-corrected chi connectivity index (χ3v) is 4.28. The average molecular weight is 374 g/mol. The minimum atomic E-state index is 0. The van der Waals surface area contributed by atoms with Gasteiger partial charge in [-0.1, -0.05) is 24.3 Å². The van der Waals surface area contributed by atoms with E-state index in [1.54, 1.807) is 26.7 Å². The largest absolute Gasteiger partial charge is 0.493 e. The summed E-state index contributed by atoms with van der Waals surface area (Å²) in [5.74, 6) is 1.53. The predicted molar refractivity (Wildman–Crippen MR) is 106 cm³/mol. The first-order chi connectivity index (χ1) is 12.2. The van der Waals surface area contributed by atoms with Crippen LogP contribution in [0.1, 0.15) is 24.1 Å². The van der Waals surface area contributed by atoms with Crippen LogP contribution in [0.5, 0.6) is 11.5 Å². The summed E-state index contributed by atoms with van der Waals surface area (Å²) >= 11 is 0. The lowest BCUT2D eigenvalue weighted by atomic mass is 10.1. The molecule has 5 nitrogen and oxygen atoms in total. The first-order valence-electron chi connectivity index (χ1n) is 8.24. The highest BCUT2D eigenvalue weighted by molar-refractivity contribution is 5.85. The molecule has 3 rings (SSSR count). The van der Waals surface area contributed by atoms with Gasteiger partial charge in [0, 0.05) is 36.2 Å². The van der Waals surface area contributed by atoms with Gasteiger partial charge in [0.05, 0.1) is 20.5 Å². The molecule has 1 unspecified atom stereocenters. The second-order valence-corrected chi connectivity index (χ2v) is 5.82. The molecule has 0 saturated heterocycles. The number of halogens is 1. The van der Waals surface area contributed by atoms with Gasteiger partial charge in [0.2, 0.25) is 0 Å². The number of methoxy groups -OCH3 is 2. The van der Waals surface area contributed by atoms with Crippen LogP contribution in [0, 0.1) is 0 Å². The van der Waals surface area contributed by atoms with Crippen LogP contribution in [0.15, 0.2) is 61.2 Å². The van der Waals surface area contributed by atoms with Gasteiger partial charge >= 0.3 is 0 Å². The van der Waals surface area contributed by atoms with E-state index in [4.69, 9.17) is 9.47 Å². The molecular weight excluding hydrogens is 350 g/mol. The maximum atomic E-state index is 5.49. The number of aromatic nitrogens is 2. The molecule has 1 heterocycles. The fourth-order valence-corrected chi connectivity index (χ4v) is 2.82. The van der Waals surface area contributed by atoms with Crippen LogP contribution in [-0.2, 0) is 6.54 Å². The number of hydrogen-bond acceptors (Lipinski definition) is 4. The lowest BCUT2D eigenvalue weighted by Crippen LogP contribution is -2.18. The monoisotopic (exact) mass is 373 g/mol. The molecule has 26 heavy (non-hydrogen) atoms. The van der Waals surface area contributed by atoms with Crippen molar-refractivity contribution in [3.63, 3.8) is 0 Å². The Balaban J connectivity index is 0.00000243. The van der Waals surface area contributed by atoms with Gasteiger partial charge in [-0.3, -0.25) is 0 Å². The molecule has 0 aliphatic heterocycles. The molecule has 0 aliphatic rings. The highest BCUT2D eigenvalue weighted by Gasteiger charge is 2.11. The summed E-state index contributed by atoms with van der Waals surface area (Å²) in [7, 11) is 3.32. The molecule has 1 aromatic heterocycles. The second kappa shape index (κ2) is 9.27. The third kappa shape index (κ3) is 4.36. The molecule has 0 saturated carbocycles. The zero-order chi connectivity index (χ0) is 17.6. The number of rotatable bonds is 7. The summed E-state index contributed by atoms with van der Waals surface area (Å²) in [6.45, 7) is 2.85. The summed E-state index contributed by atoms with van der Waals surface area (Å²) < 4.78 is 12.8. The first kappa shape index (κ1) is 19.8. The second-order valence-electron chi connectivity index (χ2n) is 5.82. The van der Waals surface area contributed by atoms with Crippen LogP contribution in [0.3, 0.4) is 0 Å². The Hall–Kier alpha value is -2.50. The van der Waals surface area contributed by atoms with Crippen LogP contribution in [-0.4, -0.2) is 23.8 Å². The number of nitrogens with one attached hydrogen (secondary N) is 1. The Morgan fingerprint density at radius 2 is 1.85 bits per heavy atom. The van der Waals surface area contributed by atoms with E-state index in [-0.39, 0.29) is 18.4 Å². The zero-order valence-electron chi connectivity index (χ0n) is 15.2. The Kier molecular flexibility index (Phi) is 7.06. The van der Waals surface area contributed by atoms with Crippen LogP contribution < -0.4 is 14.8 Å². The highest BCUT2D eigenvalue weighted by atomic mass is 35.5. The summed E-state index contributed by atoms with van der Waals surface area (Å²) in [6.07, 6.45) is 5.51. The van der Waals surface area contributed by atoms with Gasteiger partial charge in [-0.25, -0.2) is 4.98 Å². The van der Waals surface area contributed by atoms with Gasteiger partial charge in [-0.05, 0) is 30.7 Å². The summed E-state index contributed by atoms with van der Waals surface area (Å²) in [4.78, 5) is 4.08. The Labute approximate surface area is 160 Å². The van der Waals surface area contributed by atoms with E-state index in [1.165, 1.54) is 5.56 Å². The Bertz CT molecular complexity index is 804. The van der Waals surface area contributed by atoms with Crippen molar-refractivity contribution in [2.75, 3.05) is 14.2 Å². The lowest BCUT2D eigenvalue weighted by Gasteiger charge is -2.17. The van der Waals surface area contributed by atoms with Crippen molar-refractivity contribution < 1.29 is 9.47 Å². The van der Waals surface area contributed by atoms with Crippen molar-refractivity contribution in [2.24, 2.45) is 0 Å². The molecule has 0 bridgehead atoms. The molecule has 1 atom stereocenters. The van der Waals surface area contributed by atoms with E-state index in [0.29, 0.717) is 6.54 Å². The van der Waals surface area contributed by atoms with E-state index < -0.39 is 0 Å². The maximum absolute atomic E-state index is 5.49. The highest BCUT2D eigenvalue weighted by Crippen LogP contribution is 2.31. The smallest absolute Gasteiger partial charge is 0.165 e. The van der Waals surface area contributed by atoms with Gasteiger partial charge in [0.15, 0.2) is 11.5 Å². The molecule has 0 amide bonds. The molecule has 0 spiro atoms. The normalized spacial score (nSPS) is 11.5. The predicted octanol–water partition coefficient (Wildman–Crippen LogP) is 4.16. The van der Waals surface area contributed by atoms with Gasteiger partial charge in [0.25, 0.3) is 0 Å². The van der Waals surface area contributed by atoms with Gasteiger partial charge < -0.3 is 19.4 Å². The van der Waals surface area contributed by atoms with Gasteiger partial charge in [0.1, 0.15) is 0 Å². The quantitative estimate of drug-likeness (QED) is 0.675. The average Bonchev–Trinajstić information content (AvgIpc) is 3.20. The zero-order valence-corrected chi connectivity index (χ0v) is 16.0. The minimum absolute atomic E-state index is 0. The van der Waals surface area contributed by atoms with Crippen molar-refractivity contribution in [1.29, 1.82) is 0 Å². The molecule has 138 valence electrons. The van der Waals surface area contributed by atoms with Gasteiger partial charge in [-0.2, -0.15) is 0 Å². The van der Waals surface area contributed by atoms with Crippen LogP contribution in [0.4, 0.5) is 0 Å². The van der Waals surface area contributed by atoms with Crippen LogP contribution in [0.25, 0.3) is 5.69 Å². The first-order valence-corrected chi connectivity index (χ1v) is 8.24. The fourth-order valence-electron chi connectivity index (χ4n) is 2.82. The maximum Gasteiger partial charge on any atom is 0.165 e. The summed E-state index contributed by atoms with van der Waals surface area (Å²) in [5, 5.41) is 3.54. The fraction of sp³-hybridized carbons (Fsp3) is 0.250. The number of hydrogen-bond donors (Lipinski definition) is 1. The van der Waals surface area contributed by atoms with Gasteiger partial charge in [-0.15, -0.1) is 12.4 Å². The number of ether oxygens (including phenoxy) is 2. The van der Waals surface area contributed by atoms with E-state index in [2.05, 4.69) is 41.5 Å². The van der Waals surface area contributed by atoms with Crippen molar-refractivity contribution in [2.45, 2.75) is 19.5 Å².